The van der Waals surface area contributed by atoms with E-state index in [1.165, 1.54) is 0 Å². The molecule has 1 aliphatic rings. The molecule has 1 aromatic heterocycles. The third kappa shape index (κ3) is 3.04. The van der Waals surface area contributed by atoms with Gasteiger partial charge in [-0.05, 0) is 19.1 Å². The molecule has 21 heavy (non-hydrogen) atoms. The predicted molar refractivity (Wildman–Crippen MR) is 76.1 cm³/mol. The number of nitrogens with two attached hydrogens (primary N) is 1. The van der Waals surface area contributed by atoms with Crippen molar-refractivity contribution >= 4 is 17.6 Å². The van der Waals surface area contributed by atoms with Gasteiger partial charge in [-0.3, -0.25) is 0 Å². The molecule has 0 saturated heterocycles. The van der Waals surface area contributed by atoms with Crippen LogP contribution in [0.3, 0.4) is 0 Å². The molecule has 0 unspecified atom stereocenters. The molecule has 0 radical (unpaired) electrons. The van der Waals surface area contributed by atoms with E-state index in [0.717, 1.165) is 11.4 Å². The van der Waals surface area contributed by atoms with E-state index < -0.39 is 0 Å². The third-order valence-corrected chi connectivity index (χ3v) is 2.70. The van der Waals surface area contributed by atoms with Crippen LogP contribution in [0.25, 0.3) is 0 Å². The highest BCUT2D eigenvalue weighted by Gasteiger charge is 2.12. The minimum atomic E-state index is 0.0912. The van der Waals surface area contributed by atoms with E-state index in [4.69, 9.17) is 19.9 Å². The van der Waals surface area contributed by atoms with E-state index in [1.54, 1.807) is 0 Å². The molecular formula is C13H15N5O3. The Morgan fingerprint density at radius 2 is 2.00 bits per heavy atom. The predicted octanol–water partition coefficient (Wildman–Crippen LogP) is 1.37. The summed E-state index contributed by atoms with van der Waals surface area (Å²) in [6.45, 7) is 3.38. The van der Waals surface area contributed by atoms with Crippen molar-refractivity contribution in [3.05, 3.63) is 18.2 Å². The topological polar surface area (TPSA) is 104 Å². The quantitative estimate of drug-likeness (QED) is 0.869. The van der Waals surface area contributed by atoms with Crippen molar-refractivity contribution in [3.8, 4) is 17.5 Å². The lowest BCUT2D eigenvalue weighted by atomic mass is 10.2. The average Bonchev–Trinajstić information content (AvgIpc) is 2.47. The van der Waals surface area contributed by atoms with Gasteiger partial charge in [0.1, 0.15) is 13.2 Å². The maximum atomic E-state index is 5.63. The summed E-state index contributed by atoms with van der Waals surface area (Å²) in [5, 5.41) is 3.04. The van der Waals surface area contributed by atoms with E-state index in [0.29, 0.717) is 31.5 Å². The molecule has 0 atom stereocenters. The number of rotatable bonds is 4. The SMILES string of the molecule is CCOc1nc(N)nc(Nc2ccc3c(c2)OCCO3)n1. The molecule has 0 saturated carbocycles. The van der Waals surface area contributed by atoms with Crippen LogP contribution in [-0.4, -0.2) is 34.8 Å². The van der Waals surface area contributed by atoms with Gasteiger partial charge < -0.3 is 25.3 Å². The number of nitrogens with zero attached hydrogens (tertiary/aromatic N) is 3. The zero-order valence-electron chi connectivity index (χ0n) is 11.5. The Bertz CT molecular complexity index is 650. The number of hydrogen-bond acceptors (Lipinski definition) is 8. The Balaban J connectivity index is 1.83. The van der Waals surface area contributed by atoms with Crippen molar-refractivity contribution < 1.29 is 14.2 Å². The fourth-order valence-electron chi connectivity index (χ4n) is 1.87. The molecule has 0 spiro atoms. The van der Waals surface area contributed by atoms with E-state index in [2.05, 4.69) is 20.3 Å². The standard InChI is InChI=1S/C13H15N5O3/c1-2-19-13-17-11(14)16-12(18-13)15-8-3-4-9-10(7-8)21-6-5-20-9/h3-4,7H,2,5-6H2,1H3,(H3,14,15,16,17,18). The number of benzene rings is 1. The molecule has 8 heteroatoms. The van der Waals surface area contributed by atoms with Crippen molar-refractivity contribution in [1.82, 2.24) is 15.0 Å². The van der Waals surface area contributed by atoms with Gasteiger partial charge in [-0.15, -0.1) is 0 Å². The van der Waals surface area contributed by atoms with E-state index in [-0.39, 0.29) is 12.0 Å². The summed E-state index contributed by atoms with van der Waals surface area (Å²) in [4.78, 5) is 12.0. The van der Waals surface area contributed by atoms with Gasteiger partial charge in [0.25, 0.3) is 0 Å². The van der Waals surface area contributed by atoms with Crippen molar-refractivity contribution in [1.29, 1.82) is 0 Å². The number of nitrogen functional groups attached to an aromatic ring is 1. The zero-order valence-corrected chi connectivity index (χ0v) is 11.5. The van der Waals surface area contributed by atoms with Crippen LogP contribution in [0.5, 0.6) is 17.5 Å². The van der Waals surface area contributed by atoms with Gasteiger partial charge in [-0.2, -0.15) is 15.0 Å². The number of aromatic nitrogens is 3. The molecule has 2 heterocycles. The molecule has 3 rings (SSSR count). The van der Waals surface area contributed by atoms with Crippen LogP contribution in [0, 0.1) is 0 Å². The summed E-state index contributed by atoms with van der Waals surface area (Å²) in [6.07, 6.45) is 0. The van der Waals surface area contributed by atoms with Crippen LogP contribution in [0.4, 0.5) is 17.6 Å². The highest BCUT2D eigenvalue weighted by Crippen LogP contribution is 2.33. The molecule has 1 aliphatic heterocycles. The fraction of sp³-hybridized carbons (Fsp3) is 0.308. The van der Waals surface area contributed by atoms with Gasteiger partial charge >= 0.3 is 6.01 Å². The second kappa shape index (κ2) is 5.70. The van der Waals surface area contributed by atoms with Crippen LogP contribution < -0.4 is 25.3 Å². The molecule has 1 aromatic carbocycles. The number of anilines is 3. The van der Waals surface area contributed by atoms with E-state index >= 15 is 0 Å². The fourth-order valence-corrected chi connectivity index (χ4v) is 1.87. The zero-order chi connectivity index (χ0) is 14.7. The Morgan fingerprint density at radius 3 is 2.81 bits per heavy atom. The van der Waals surface area contributed by atoms with Crippen molar-refractivity contribution in [2.75, 3.05) is 30.9 Å². The third-order valence-electron chi connectivity index (χ3n) is 2.70. The summed E-state index contributed by atoms with van der Waals surface area (Å²) >= 11 is 0. The minimum absolute atomic E-state index is 0.0912. The first kappa shape index (κ1) is 13.2. The van der Waals surface area contributed by atoms with Crippen molar-refractivity contribution in [2.45, 2.75) is 6.92 Å². The molecule has 0 bridgehead atoms. The first-order valence-corrected chi connectivity index (χ1v) is 6.55. The molecule has 0 fully saturated rings. The van der Waals surface area contributed by atoms with Gasteiger partial charge in [0.15, 0.2) is 11.5 Å². The van der Waals surface area contributed by atoms with Gasteiger partial charge in [0.05, 0.1) is 6.61 Å². The second-order valence-electron chi connectivity index (χ2n) is 4.22. The van der Waals surface area contributed by atoms with Crippen LogP contribution in [0.2, 0.25) is 0 Å². The molecule has 0 aliphatic carbocycles. The maximum absolute atomic E-state index is 5.63. The first-order chi connectivity index (χ1) is 10.2. The van der Waals surface area contributed by atoms with Crippen LogP contribution in [-0.2, 0) is 0 Å². The van der Waals surface area contributed by atoms with Gasteiger partial charge in [-0.25, -0.2) is 0 Å². The molecule has 8 nitrogen and oxygen atoms in total. The van der Waals surface area contributed by atoms with Gasteiger partial charge in [0, 0.05) is 11.8 Å². The molecule has 0 amide bonds. The molecule has 110 valence electrons. The van der Waals surface area contributed by atoms with E-state index in [9.17, 15) is 0 Å². The average molecular weight is 289 g/mol. The van der Waals surface area contributed by atoms with Crippen LogP contribution >= 0.6 is 0 Å². The normalized spacial score (nSPS) is 12.8. The minimum Gasteiger partial charge on any atom is -0.486 e. The molecule has 2 aromatic rings. The van der Waals surface area contributed by atoms with Gasteiger partial charge in [-0.1, -0.05) is 0 Å². The lowest BCUT2D eigenvalue weighted by molar-refractivity contribution is 0.171. The Hall–Kier alpha value is -2.77. The number of ether oxygens (including phenoxy) is 3. The summed E-state index contributed by atoms with van der Waals surface area (Å²) in [7, 11) is 0. The lowest BCUT2D eigenvalue weighted by Gasteiger charge is -2.19. The Morgan fingerprint density at radius 1 is 1.19 bits per heavy atom. The second-order valence-corrected chi connectivity index (χ2v) is 4.22. The lowest BCUT2D eigenvalue weighted by Crippen LogP contribution is -2.15. The summed E-state index contributed by atoms with van der Waals surface area (Å²) < 4.78 is 16.2. The Labute approximate surface area is 121 Å². The number of fused-ring (bicyclic) bond motifs is 1. The maximum Gasteiger partial charge on any atom is 0.323 e. The molecular weight excluding hydrogens is 274 g/mol. The summed E-state index contributed by atoms with van der Waals surface area (Å²) in [6, 6.07) is 5.66. The number of hydrogen-bond donors (Lipinski definition) is 2. The first-order valence-electron chi connectivity index (χ1n) is 6.55. The highest BCUT2D eigenvalue weighted by molar-refractivity contribution is 5.60. The monoisotopic (exact) mass is 289 g/mol. The van der Waals surface area contributed by atoms with Crippen molar-refractivity contribution in [3.63, 3.8) is 0 Å². The highest BCUT2D eigenvalue weighted by atomic mass is 16.6. The van der Waals surface area contributed by atoms with E-state index in [1.807, 2.05) is 25.1 Å². The smallest absolute Gasteiger partial charge is 0.323 e. The molecule has 3 N–H and O–H groups in total. The van der Waals surface area contributed by atoms with Gasteiger partial charge in [0.2, 0.25) is 11.9 Å². The summed E-state index contributed by atoms with van der Waals surface area (Å²) in [5.41, 5.74) is 6.38. The van der Waals surface area contributed by atoms with Crippen LogP contribution in [0.1, 0.15) is 6.92 Å². The number of nitrogens with one attached hydrogen (secondary N) is 1. The van der Waals surface area contributed by atoms with Crippen LogP contribution in [0.15, 0.2) is 18.2 Å². The largest absolute Gasteiger partial charge is 0.486 e. The Kier molecular flexibility index (Phi) is 3.59. The van der Waals surface area contributed by atoms with Crippen molar-refractivity contribution in [2.24, 2.45) is 0 Å². The summed E-state index contributed by atoms with van der Waals surface area (Å²) in [5.74, 6) is 1.80.